The zero-order chi connectivity index (χ0) is 30.0. The van der Waals surface area contributed by atoms with Crippen molar-refractivity contribution < 1.29 is 77.8 Å². The standard InChI is InChI=1S/C18H25B3I3O12P3/c1-31-13(25)4-10(24-38-19)16(28)34-7-9(36-18(30)12(39(20)23)6-15(27)33-3)8-35-17(29)11(37-21-22)5-14(26)32-2/h9-12,37-38H,4-8H2,1-3H3/q-1. The summed E-state index contributed by atoms with van der Waals surface area (Å²) < 4.78 is 29.1. The average molecular weight is 939 g/mol. The molecule has 0 aliphatic rings. The predicted molar refractivity (Wildman–Crippen MR) is 162 cm³/mol. The van der Waals surface area contributed by atoms with Crippen molar-refractivity contribution >= 4 is 120 Å². The second-order valence-corrected chi connectivity index (χ2v) is 20.5. The summed E-state index contributed by atoms with van der Waals surface area (Å²) in [5.74, 6) is -4.27. The first-order valence-electron chi connectivity index (χ1n) is 10.6. The van der Waals surface area contributed by atoms with Crippen LogP contribution in [0.4, 0.5) is 0 Å². The molecule has 0 aromatic carbocycles. The number of alkyl halides is 1. The molecule has 0 aliphatic heterocycles. The number of carbonyl (C=O) groups excluding carboxylic acids is 6. The Bertz CT molecular complexity index is 802. The van der Waals surface area contributed by atoms with Gasteiger partial charge in [-0.25, -0.2) is 0 Å². The summed E-state index contributed by atoms with van der Waals surface area (Å²) in [6.07, 6.45) is -2.11. The van der Waals surface area contributed by atoms with Crippen LogP contribution >= 0.6 is 64.4 Å². The molecule has 5 radical (unpaired) electrons. The monoisotopic (exact) mass is 940 g/mol. The van der Waals surface area contributed by atoms with Crippen molar-refractivity contribution in [3.8, 4) is 0 Å². The molecule has 0 rings (SSSR count). The third-order valence-corrected chi connectivity index (χ3v) is 14.2. The molecule has 0 spiro atoms. The summed E-state index contributed by atoms with van der Waals surface area (Å²) in [5.41, 5.74) is -3.37. The average Bonchev–Trinajstić information content (AvgIpc) is 2.91. The van der Waals surface area contributed by atoms with Crippen LogP contribution in [0.1, 0.15) is 19.3 Å². The number of halogens is 3. The van der Waals surface area contributed by atoms with E-state index in [9.17, 15) is 28.8 Å². The number of esters is 6. The molecule has 39 heavy (non-hydrogen) atoms. The van der Waals surface area contributed by atoms with Crippen LogP contribution in [0.2, 0.25) is 0 Å². The summed E-state index contributed by atoms with van der Waals surface area (Å²) >= 11 is 2.83. The first kappa shape index (κ1) is 39.5. The molecule has 0 saturated carbocycles. The van der Waals surface area contributed by atoms with Gasteiger partial charge in [0.25, 0.3) is 0 Å². The quantitative estimate of drug-likeness (QED) is 0.0355. The van der Waals surface area contributed by atoms with Crippen molar-refractivity contribution in [1.29, 1.82) is 0 Å². The van der Waals surface area contributed by atoms with Crippen molar-refractivity contribution in [2.75, 3.05) is 34.5 Å². The molecule has 215 valence electrons. The minimum atomic E-state index is -1.51. The minimum absolute atomic E-state index is 0.0413. The number of carbonyl (C=O) groups is 6. The topological polar surface area (TPSA) is 158 Å². The number of rotatable bonds is 19. The Morgan fingerprint density at radius 3 is 1.87 bits per heavy atom. The van der Waals surface area contributed by atoms with E-state index < -0.39 is 96.5 Å². The molecule has 0 saturated heterocycles. The Hall–Kier alpha value is 0.495. The first-order chi connectivity index (χ1) is 18.4. The second-order valence-electron chi connectivity index (χ2n) is 7.03. The van der Waals surface area contributed by atoms with Gasteiger partial charge >= 0.3 is 266 Å². The normalized spacial score (nSPS) is 15.1. The summed E-state index contributed by atoms with van der Waals surface area (Å²) in [5, 5.41) is 0. The third kappa shape index (κ3) is 17.3. The zero-order valence-corrected chi connectivity index (χ0v) is 30.4. The number of ether oxygens (including phenoxy) is 6. The van der Waals surface area contributed by atoms with Gasteiger partial charge in [0.1, 0.15) is 0 Å². The maximum absolute atomic E-state index is 12.9. The van der Waals surface area contributed by atoms with Crippen LogP contribution in [0.15, 0.2) is 0 Å². The molecule has 21 heteroatoms. The van der Waals surface area contributed by atoms with Crippen molar-refractivity contribution in [1.82, 2.24) is 0 Å². The van der Waals surface area contributed by atoms with E-state index in [4.69, 9.17) is 29.3 Å². The van der Waals surface area contributed by atoms with E-state index in [1.807, 2.05) is 44.4 Å². The van der Waals surface area contributed by atoms with Gasteiger partial charge in [-0.1, -0.05) is 0 Å². The molecule has 0 bridgehead atoms. The van der Waals surface area contributed by atoms with Crippen LogP contribution in [-0.4, -0.2) is 112 Å². The molecule has 12 nitrogen and oxygen atoms in total. The molecular formula is C18H25B3I3O12P3-. The second kappa shape index (κ2) is 23.0. The molecule has 0 heterocycles. The Kier molecular flexibility index (Phi) is 23.3. The van der Waals surface area contributed by atoms with Gasteiger partial charge in [-0.2, -0.15) is 0 Å². The fourth-order valence-electron chi connectivity index (χ4n) is 2.42. The Morgan fingerprint density at radius 1 is 0.872 bits per heavy atom. The Labute approximate surface area is 270 Å². The molecule has 0 amide bonds. The summed E-state index contributed by atoms with van der Waals surface area (Å²) in [4.78, 5) is 74.9. The molecule has 0 aliphatic carbocycles. The van der Waals surface area contributed by atoms with E-state index in [0.717, 1.165) is 7.11 Å². The van der Waals surface area contributed by atoms with Crippen LogP contribution in [-0.2, 0) is 57.2 Å². The van der Waals surface area contributed by atoms with Crippen LogP contribution in [0.5, 0.6) is 0 Å². The van der Waals surface area contributed by atoms with E-state index in [1.54, 1.807) is 4.86 Å². The van der Waals surface area contributed by atoms with Crippen molar-refractivity contribution in [2.45, 2.75) is 40.6 Å². The zero-order valence-electron chi connectivity index (χ0n) is 21.1. The summed E-state index contributed by atoms with van der Waals surface area (Å²) in [6.45, 7) is -1.05. The SMILES string of the molecule is [B]P[I-]C(CC(=O)OC)C(=O)OCC(COC(=O)C(CC(=O)OC)P[B]I)OC(=O)C(CC(=O)OC)P([B])I. The molecule has 7 unspecified atom stereocenters. The van der Waals surface area contributed by atoms with E-state index in [0.29, 0.717) is 0 Å². The van der Waals surface area contributed by atoms with Gasteiger partial charge in [0.05, 0.1) is 7.11 Å². The first-order valence-corrected chi connectivity index (χ1v) is 22.7. The number of methoxy groups -OCH3 is 3. The van der Waals surface area contributed by atoms with E-state index in [1.165, 1.54) is 14.2 Å². The van der Waals surface area contributed by atoms with E-state index in [-0.39, 0.29) is 33.8 Å². The van der Waals surface area contributed by atoms with Crippen molar-refractivity contribution in [3.05, 3.63) is 0 Å². The van der Waals surface area contributed by atoms with Crippen molar-refractivity contribution in [2.24, 2.45) is 0 Å². The molecule has 0 N–H and O–H groups in total. The Morgan fingerprint density at radius 2 is 1.38 bits per heavy atom. The number of hydrogen-bond acceptors (Lipinski definition) is 12. The van der Waals surface area contributed by atoms with Crippen LogP contribution in [0, 0.1) is 0 Å². The maximum atomic E-state index is 12.9. The van der Waals surface area contributed by atoms with E-state index in [2.05, 4.69) is 14.2 Å². The molecular weight excluding hydrogens is 914 g/mol. The van der Waals surface area contributed by atoms with Gasteiger partial charge in [0.2, 0.25) is 0 Å². The van der Waals surface area contributed by atoms with Gasteiger partial charge in [-0.15, -0.1) is 0 Å². The van der Waals surface area contributed by atoms with Gasteiger partial charge in [-0.3, -0.25) is 0 Å². The predicted octanol–water partition coefficient (Wildman–Crippen LogP) is -1.89. The summed E-state index contributed by atoms with van der Waals surface area (Å²) in [6, 6.07) is 0. The van der Waals surface area contributed by atoms with Crippen LogP contribution in [0.3, 0.4) is 0 Å². The molecule has 0 fully saturated rings. The van der Waals surface area contributed by atoms with Gasteiger partial charge < -0.3 is 0 Å². The fourth-order valence-corrected chi connectivity index (χ4v) is 9.82. The van der Waals surface area contributed by atoms with Gasteiger partial charge in [-0.05, 0) is 0 Å². The van der Waals surface area contributed by atoms with Gasteiger partial charge in [0, 0.05) is 0 Å². The molecule has 7 atom stereocenters. The van der Waals surface area contributed by atoms with E-state index >= 15 is 0 Å². The Balaban J connectivity index is 5.65. The fraction of sp³-hybridized carbons (Fsp3) is 0.667. The molecule has 0 aromatic rings. The van der Waals surface area contributed by atoms with Crippen molar-refractivity contribution in [3.63, 3.8) is 0 Å². The summed E-state index contributed by atoms with van der Waals surface area (Å²) in [7, 11) is 15.0. The molecule has 0 aromatic heterocycles. The number of hydrogen-bond donors (Lipinski definition) is 0. The third-order valence-electron chi connectivity index (χ3n) is 4.43. The van der Waals surface area contributed by atoms with Gasteiger partial charge in [0.15, 0.2) is 0 Å². The van der Waals surface area contributed by atoms with Crippen LogP contribution < -0.4 is 20.7 Å². The van der Waals surface area contributed by atoms with Crippen LogP contribution in [0.25, 0.3) is 0 Å².